The van der Waals surface area contributed by atoms with E-state index in [1.54, 1.807) is 0 Å². The molecule has 1 aromatic carbocycles. The fraction of sp³-hybridized carbons (Fsp3) is 0.500. The molecule has 1 aliphatic heterocycles. The van der Waals surface area contributed by atoms with E-state index in [4.69, 9.17) is 0 Å². The third kappa shape index (κ3) is 4.77. The molecule has 0 radical (unpaired) electrons. The first-order valence-corrected chi connectivity index (χ1v) is 7.60. The molecule has 0 spiro atoms. The van der Waals surface area contributed by atoms with E-state index < -0.39 is 0 Å². The smallest absolute Gasteiger partial charge is 0.241 e. The Morgan fingerprint density at radius 3 is 2.57 bits per heavy atom. The summed E-state index contributed by atoms with van der Waals surface area (Å²) in [6.45, 7) is 3.85. The number of nitrogens with zero attached hydrogens (tertiary/aromatic N) is 1. The van der Waals surface area contributed by atoms with E-state index in [1.165, 1.54) is 6.42 Å². The number of benzene rings is 1. The minimum absolute atomic E-state index is 0.0171. The summed E-state index contributed by atoms with van der Waals surface area (Å²) >= 11 is 0. The maximum absolute atomic E-state index is 12.1. The second-order valence-electron chi connectivity index (χ2n) is 5.28. The van der Waals surface area contributed by atoms with E-state index in [-0.39, 0.29) is 11.8 Å². The van der Waals surface area contributed by atoms with Gasteiger partial charge in [0, 0.05) is 30.9 Å². The van der Waals surface area contributed by atoms with Gasteiger partial charge in [0.05, 0.1) is 6.54 Å². The Hall–Kier alpha value is -2.04. The molecule has 2 N–H and O–H groups in total. The predicted molar refractivity (Wildman–Crippen MR) is 84.3 cm³/mol. The van der Waals surface area contributed by atoms with Crippen LogP contribution in [0.3, 0.4) is 0 Å². The molecule has 2 amide bonds. The number of carbonyl (C=O) groups is 2. The molecular formula is C16H23N3O2. The number of nitrogens with one attached hydrogen (secondary N) is 2. The fourth-order valence-electron chi connectivity index (χ4n) is 2.39. The van der Waals surface area contributed by atoms with Gasteiger partial charge in [-0.1, -0.05) is 13.0 Å². The molecule has 1 aliphatic rings. The highest BCUT2D eigenvalue weighted by atomic mass is 16.2. The minimum Gasteiger partial charge on any atom is -0.376 e. The van der Waals surface area contributed by atoms with Crippen LogP contribution >= 0.6 is 0 Å². The van der Waals surface area contributed by atoms with Crippen LogP contribution in [0.2, 0.25) is 0 Å². The van der Waals surface area contributed by atoms with E-state index in [9.17, 15) is 9.59 Å². The van der Waals surface area contributed by atoms with E-state index in [1.807, 2.05) is 36.1 Å². The molecule has 5 heteroatoms. The van der Waals surface area contributed by atoms with Crippen molar-refractivity contribution >= 4 is 23.2 Å². The number of anilines is 2. The first kappa shape index (κ1) is 15.4. The lowest BCUT2D eigenvalue weighted by atomic mass is 10.1. The molecule has 1 aromatic rings. The van der Waals surface area contributed by atoms with Gasteiger partial charge in [-0.15, -0.1) is 0 Å². The predicted octanol–water partition coefficient (Wildman–Crippen LogP) is 2.46. The number of piperidine rings is 1. The highest BCUT2D eigenvalue weighted by Gasteiger charge is 2.15. The Morgan fingerprint density at radius 2 is 1.86 bits per heavy atom. The maximum atomic E-state index is 12.1. The minimum atomic E-state index is -0.0171. The van der Waals surface area contributed by atoms with Crippen molar-refractivity contribution in [2.45, 2.75) is 32.6 Å². The van der Waals surface area contributed by atoms with Crippen LogP contribution in [0.4, 0.5) is 11.4 Å². The van der Waals surface area contributed by atoms with Crippen LogP contribution in [0.25, 0.3) is 0 Å². The van der Waals surface area contributed by atoms with Gasteiger partial charge < -0.3 is 15.5 Å². The van der Waals surface area contributed by atoms with Crippen LogP contribution in [0, 0.1) is 0 Å². The lowest BCUT2D eigenvalue weighted by Crippen LogP contribution is -2.39. The van der Waals surface area contributed by atoms with E-state index in [0.717, 1.165) is 37.3 Å². The Balaban J connectivity index is 1.86. The number of rotatable bonds is 5. The van der Waals surface area contributed by atoms with Gasteiger partial charge in [-0.25, -0.2) is 0 Å². The highest BCUT2D eigenvalue weighted by Crippen LogP contribution is 2.15. The van der Waals surface area contributed by atoms with Crippen LogP contribution < -0.4 is 10.6 Å². The normalized spacial score (nSPS) is 14.6. The number of amides is 2. The summed E-state index contributed by atoms with van der Waals surface area (Å²) in [7, 11) is 0. The lowest BCUT2D eigenvalue weighted by Gasteiger charge is -2.26. The standard InChI is InChI=1S/C16H23N3O2/c1-2-15(20)18-14-8-6-7-13(11-14)17-12-16(21)19-9-4-3-5-10-19/h6-8,11,17H,2-5,9-10,12H2,1H3,(H,18,20). The lowest BCUT2D eigenvalue weighted by molar-refractivity contribution is -0.130. The van der Waals surface area contributed by atoms with Gasteiger partial charge in [-0.2, -0.15) is 0 Å². The molecule has 0 atom stereocenters. The van der Waals surface area contributed by atoms with E-state index in [2.05, 4.69) is 10.6 Å². The molecule has 0 aliphatic carbocycles. The number of hydrogen-bond donors (Lipinski definition) is 2. The van der Waals surface area contributed by atoms with Crippen molar-refractivity contribution in [3.8, 4) is 0 Å². The third-order valence-corrected chi connectivity index (χ3v) is 3.62. The summed E-state index contributed by atoms with van der Waals surface area (Å²) in [6.07, 6.45) is 3.87. The first-order valence-electron chi connectivity index (χ1n) is 7.60. The molecule has 1 heterocycles. The fourth-order valence-corrected chi connectivity index (χ4v) is 2.39. The van der Waals surface area contributed by atoms with Gasteiger partial charge in [0.2, 0.25) is 11.8 Å². The van der Waals surface area contributed by atoms with Crippen molar-refractivity contribution in [2.24, 2.45) is 0 Å². The van der Waals surface area contributed by atoms with E-state index in [0.29, 0.717) is 13.0 Å². The van der Waals surface area contributed by atoms with Crippen LogP contribution in [0.1, 0.15) is 32.6 Å². The monoisotopic (exact) mass is 289 g/mol. The van der Waals surface area contributed by atoms with Gasteiger partial charge in [0.25, 0.3) is 0 Å². The molecule has 1 saturated heterocycles. The highest BCUT2D eigenvalue weighted by molar-refractivity contribution is 5.91. The average molecular weight is 289 g/mol. The molecular weight excluding hydrogens is 266 g/mol. The third-order valence-electron chi connectivity index (χ3n) is 3.62. The second-order valence-corrected chi connectivity index (χ2v) is 5.28. The molecule has 21 heavy (non-hydrogen) atoms. The zero-order chi connectivity index (χ0) is 15.1. The largest absolute Gasteiger partial charge is 0.376 e. The summed E-state index contributed by atoms with van der Waals surface area (Å²) in [5.41, 5.74) is 1.59. The Bertz CT molecular complexity index is 496. The summed E-state index contributed by atoms with van der Waals surface area (Å²) in [5, 5.41) is 5.94. The molecule has 0 unspecified atom stereocenters. The van der Waals surface area contributed by atoms with Gasteiger partial charge in [-0.3, -0.25) is 9.59 Å². The number of likely N-dealkylation sites (tertiary alicyclic amines) is 1. The zero-order valence-corrected chi connectivity index (χ0v) is 12.5. The van der Waals surface area contributed by atoms with Gasteiger partial charge in [0.1, 0.15) is 0 Å². The number of carbonyl (C=O) groups excluding carboxylic acids is 2. The molecule has 0 aromatic heterocycles. The molecule has 2 rings (SSSR count). The zero-order valence-electron chi connectivity index (χ0n) is 12.5. The van der Waals surface area contributed by atoms with Crippen LogP contribution in [-0.2, 0) is 9.59 Å². The maximum Gasteiger partial charge on any atom is 0.241 e. The van der Waals surface area contributed by atoms with Crippen LogP contribution in [0.5, 0.6) is 0 Å². The molecule has 114 valence electrons. The second kappa shape index (κ2) is 7.67. The Kier molecular flexibility index (Phi) is 5.60. The van der Waals surface area contributed by atoms with E-state index >= 15 is 0 Å². The van der Waals surface area contributed by atoms with Crippen molar-refractivity contribution in [1.29, 1.82) is 0 Å². The Morgan fingerprint density at radius 1 is 1.14 bits per heavy atom. The van der Waals surface area contributed by atoms with Crippen molar-refractivity contribution in [3.63, 3.8) is 0 Å². The molecule has 0 saturated carbocycles. The van der Waals surface area contributed by atoms with Gasteiger partial charge in [-0.05, 0) is 37.5 Å². The first-order chi connectivity index (χ1) is 10.2. The SMILES string of the molecule is CCC(=O)Nc1cccc(NCC(=O)N2CCCCC2)c1. The summed E-state index contributed by atoms with van der Waals surface area (Å²) in [6, 6.07) is 7.44. The summed E-state index contributed by atoms with van der Waals surface area (Å²) in [4.78, 5) is 25.4. The van der Waals surface area contributed by atoms with Gasteiger partial charge in [0.15, 0.2) is 0 Å². The summed E-state index contributed by atoms with van der Waals surface area (Å²) < 4.78 is 0. The molecule has 0 bridgehead atoms. The van der Waals surface area contributed by atoms with Crippen molar-refractivity contribution < 1.29 is 9.59 Å². The number of hydrogen-bond acceptors (Lipinski definition) is 3. The van der Waals surface area contributed by atoms with Crippen molar-refractivity contribution in [1.82, 2.24) is 4.90 Å². The Labute approximate surface area is 125 Å². The molecule has 1 fully saturated rings. The van der Waals surface area contributed by atoms with Crippen LogP contribution in [0.15, 0.2) is 24.3 Å². The summed E-state index contributed by atoms with van der Waals surface area (Å²) in [5.74, 6) is 0.120. The van der Waals surface area contributed by atoms with Crippen LogP contribution in [-0.4, -0.2) is 36.3 Å². The molecule has 5 nitrogen and oxygen atoms in total. The topological polar surface area (TPSA) is 61.4 Å². The van der Waals surface area contributed by atoms with Crippen molar-refractivity contribution in [3.05, 3.63) is 24.3 Å². The average Bonchev–Trinajstić information content (AvgIpc) is 2.53. The quantitative estimate of drug-likeness (QED) is 0.875. The van der Waals surface area contributed by atoms with Gasteiger partial charge >= 0.3 is 0 Å². The van der Waals surface area contributed by atoms with Crippen molar-refractivity contribution in [2.75, 3.05) is 30.3 Å².